The quantitative estimate of drug-likeness (QED) is 0.393. The minimum absolute atomic E-state index is 0.0821. The number of unbranched alkanes of at least 4 members (excludes halogenated alkanes) is 5. The lowest BCUT2D eigenvalue weighted by atomic mass is 10.0. The van der Waals surface area contributed by atoms with Gasteiger partial charge in [0, 0.05) is 5.56 Å². The molecule has 0 heterocycles. The van der Waals surface area contributed by atoms with E-state index in [4.69, 9.17) is 0 Å². The van der Waals surface area contributed by atoms with E-state index in [9.17, 15) is 5.11 Å². The molecule has 1 aromatic rings. The van der Waals surface area contributed by atoms with Gasteiger partial charge in [0.25, 0.3) is 0 Å². The molecule has 0 saturated heterocycles. The second-order valence-electron chi connectivity index (χ2n) is 7.66. The van der Waals surface area contributed by atoms with Gasteiger partial charge in [0.15, 0.2) is 0 Å². The highest BCUT2D eigenvalue weighted by Crippen LogP contribution is 2.14. The molecular weight excluding hydrogens is 282 g/mol. The van der Waals surface area contributed by atoms with Gasteiger partial charge < -0.3 is 9.59 Å². The van der Waals surface area contributed by atoms with Crippen LogP contribution >= 0.6 is 0 Å². The van der Waals surface area contributed by atoms with E-state index >= 15 is 0 Å². The molecule has 2 nitrogen and oxygen atoms in total. The number of quaternary nitrogens is 1. The molecule has 23 heavy (non-hydrogen) atoms. The molecule has 0 saturated carbocycles. The van der Waals surface area contributed by atoms with Crippen molar-refractivity contribution in [2.24, 2.45) is 0 Å². The van der Waals surface area contributed by atoms with Gasteiger partial charge >= 0.3 is 0 Å². The van der Waals surface area contributed by atoms with E-state index in [0.29, 0.717) is 0 Å². The van der Waals surface area contributed by atoms with E-state index in [1.807, 2.05) is 0 Å². The van der Waals surface area contributed by atoms with Crippen LogP contribution in [0, 0.1) is 0 Å². The van der Waals surface area contributed by atoms with Gasteiger partial charge in [-0.1, -0.05) is 69.4 Å². The van der Waals surface area contributed by atoms with Gasteiger partial charge in [-0.25, -0.2) is 0 Å². The zero-order chi connectivity index (χ0) is 17.0. The fourth-order valence-corrected chi connectivity index (χ4v) is 3.20. The van der Waals surface area contributed by atoms with Crippen LogP contribution in [0.3, 0.4) is 0 Å². The number of aliphatic hydroxyl groups excluding tert-OH is 1. The maximum atomic E-state index is 10.1. The van der Waals surface area contributed by atoms with Crippen LogP contribution in [-0.2, 0) is 6.54 Å². The molecule has 0 aliphatic heterocycles. The third kappa shape index (κ3) is 10.5. The van der Waals surface area contributed by atoms with Crippen LogP contribution in [0.2, 0.25) is 0 Å². The Labute approximate surface area is 144 Å². The topological polar surface area (TPSA) is 20.2 Å². The van der Waals surface area contributed by atoms with E-state index in [1.165, 1.54) is 50.6 Å². The van der Waals surface area contributed by atoms with Crippen molar-refractivity contribution < 1.29 is 9.59 Å². The first kappa shape index (κ1) is 20.2. The van der Waals surface area contributed by atoms with Crippen molar-refractivity contribution in [3.8, 4) is 0 Å². The lowest BCUT2D eigenvalue weighted by Crippen LogP contribution is -2.39. The van der Waals surface area contributed by atoms with E-state index in [0.717, 1.165) is 30.3 Å². The summed E-state index contributed by atoms with van der Waals surface area (Å²) in [6.45, 7) is 4.51. The molecule has 0 amide bonds. The average Bonchev–Trinajstić information content (AvgIpc) is 2.52. The summed E-state index contributed by atoms with van der Waals surface area (Å²) < 4.78 is 1.02. The van der Waals surface area contributed by atoms with Gasteiger partial charge in [-0.15, -0.1) is 0 Å². The first-order chi connectivity index (χ1) is 11.0. The molecule has 1 aromatic carbocycles. The molecule has 0 fully saturated rings. The summed E-state index contributed by atoms with van der Waals surface area (Å²) in [5.41, 5.74) is 1.41. The Hall–Kier alpha value is -0.860. The number of hydrogen-bond acceptors (Lipinski definition) is 1. The van der Waals surface area contributed by atoms with Crippen LogP contribution in [0.1, 0.15) is 70.3 Å². The maximum absolute atomic E-state index is 10.1. The Kier molecular flexibility index (Phi) is 10.2. The lowest BCUT2D eigenvalue weighted by molar-refractivity contribution is -0.903. The molecule has 1 atom stereocenters. The highest BCUT2D eigenvalue weighted by molar-refractivity contribution is 5.13. The fourth-order valence-electron chi connectivity index (χ4n) is 3.20. The maximum Gasteiger partial charge on any atom is 0.104 e. The third-order valence-electron chi connectivity index (χ3n) is 4.65. The van der Waals surface area contributed by atoms with E-state index < -0.39 is 0 Å². The van der Waals surface area contributed by atoms with Crippen LogP contribution in [-0.4, -0.2) is 36.3 Å². The summed E-state index contributed by atoms with van der Waals surface area (Å²) in [5.74, 6) is 0. The van der Waals surface area contributed by atoms with Gasteiger partial charge in [0.1, 0.15) is 6.54 Å². The molecule has 0 aliphatic carbocycles. The van der Waals surface area contributed by atoms with Crippen molar-refractivity contribution in [1.29, 1.82) is 0 Å². The smallest absolute Gasteiger partial charge is 0.104 e. The predicted octanol–water partition coefficient (Wildman–Crippen LogP) is 5.15. The Morgan fingerprint density at radius 2 is 1.48 bits per heavy atom. The normalized spacial score (nSPS) is 13.2. The molecular formula is C21H38NO+. The molecule has 132 valence electrons. The number of nitrogens with zero attached hydrogens (tertiary/aromatic N) is 1. The molecule has 0 spiro atoms. The van der Waals surface area contributed by atoms with Crippen molar-refractivity contribution in [3.05, 3.63) is 35.9 Å². The molecule has 0 radical (unpaired) electrons. The largest absolute Gasteiger partial charge is 0.393 e. The van der Waals surface area contributed by atoms with Crippen LogP contribution < -0.4 is 0 Å². The van der Waals surface area contributed by atoms with Crippen LogP contribution in [0.5, 0.6) is 0 Å². The summed E-state index contributed by atoms with van der Waals surface area (Å²) in [4.78, 5) is 0. The molecule has 2 heteroatoms. The van der Waals surface area contributed by atoms with Crippen LogP contribution in [0.4, 0.5) is 0 Å². The third-order valence-corrected chi connectivity index (χ3v) is 4.65. The van der Waals surface area contributed by atoms with Crippen molar-refractivity contribution >= 4 is 0 Å². The molecule has 1 unspecified atom stereocenters. The molecule has 0 bridgehead atoms. The Bertz CT molecular complexity index is 388. The molecule has 1 N–H and O–H groups in total. The summed E-state index contributed by atoms with van der Waals surface area (Å²) in [6.07, 6.45) is 10.7. The summed E-state index contributed by atoms with van der Waals surface area (Å²) in [7, 11) is 4.61. The monoisotopic (exact) mass is 320 g/mol. The SMILES string of the molecule is CCCCCCCC(O)CCCC[N+](C)(C)Cc1ccccc1. The highest BCUT2D eigenvalue weighted by Gasteiger charge is 2.15. The van der Waals surface area contributed by atoms with Gasteiger partial charge in [-0.05, 0) is 25.7 Å². The standard InChI is InChI=1S/C21H38NO/c1-4-5-6-7-11-16-21(23)17-12-13-18-22(2,3)19-20-14-9-8-10-15-20/h8-10,14-15,21,23H,4-7,11-13,16-19H2,1-3H3/q+1. The zero-order valence-electron chi connectivity index (χ0n) is 15.6. The van der Waals surface area contributed by atoms with Crippen molar-refractivity contribution in [2.45, 2.75) is 77.4 Å². The Morgan fingerprint density at radius 1 is 0.870 bits per heavy atom. The first-order valence-corrected chi connectivity index (χ1v) is 9.57. The van der Waals surface area contributed by atoms with E-state index in [-0.39, 0.29) is 6.10 Å². The average molecular weight is 321 g/mol. The van der Waals surface area contributed by atoms with Crippen molar-refractivity contribution in [2.75, 3.05) is 20.6 Å². The second kappa shape index (κ2) is 11.6. The first-order valence-electron chi connectivity index (χ1n) is 9.57. The van der Waals surface area contributed by atoms with Gasteiger partial charge in [-0.3, -0.25) is 0 Å². The van der Waals surface area contributed by atoms with Gasteiger partial charge in [0.05, 0.1) is 26.7 Å². The van der Waals surface area contributed by atoms with E-state index in [1.54, 1.807) is 0 Å². The zero-order valence-corrected chi connectivity index (χ0v) is 15.6. The number of benzene rings is 1. The second-order valence-corrected chi connectivity index (χ2v) is 7.66. The molecule has 0 aliphatic rings. The minimum atomic E-state index is -0.0821. The highest BCUT2D eigenvalue weighted by atomic mass is 16.3. The van der Waals surface area contributed by atoms with Crippen LogP contribution in [0.25, 0.3) is 0 Å². The van der Waals surface area contributed by atoms with Crippen molar-refractivity contribution in [3.63, 3.8) is 0 Å². The Morgan fingerprint density at radius 3 is 2.13 bits per heavy atom. The number of hydrogen-bond donors (Lipinski definition) is 1. The minimum Gasteiger partial charge on any atom is -0.393 e. The number of aliphatic hydroxyl groups is 1. The van der Waals surface area contributed by atoms with Crippen LogP contribution in [0.15, 0.2) is 30.3 Å². The van der Waals surface area contributed by atoms with Gasteiger partial charge in [-0.2, -0.15) is 0 Å². The van der Waals surface area contributed by atoms with Crippen molar-refractivity contribution in [1.82, 2.24) is 0 Å². The summed E-state index contributed by atoms with van der Waals surface area (Å²) >= 11 is 0. The molecule has 0 aromatic heterocycles. The van der Waals surface area contributed by atoms with E-state index in [2.05, 4.69) is 51.4 Å². The molecule has 1 rings (SSSR count). The summed E-state index contributed by atoms with van der Waals surface area (Å²) in [6, 6.07) is 10.7. The van der Waals surface area contributed by atoms with Gasteiger partial charge in [0.2, 0.25) is 0 Å². The predicted molar refractivity (Wildman–Crippen MR) is 100 cm³/mol. The Balaban J connectivity index is 2.08. The fraction of sp³-hybridized carbons (Fsp3) is 0.714. The lowest BCUT2D eigenvalue weighted by Gasteiger charge is -2.30. The number of rotatable bonds is 13. The summed E-state index contributed by atoms with van der Waals surface area (Å²) in [5, 5.41) is 10.1.